The van der Waals surface area contributed by atoms with Crippen molar-refractivity contribution in [3.8, 4) is 5.75 Å². The summed E-state index contributed by atoms with van der Waals surface area (Å²) >= 11 is 0. The zero-order chi connectivity index (χ0) is 28.9. The Morgan fingerprint density at radius 3 is 2.52 bits per heavy atom. The number of amides is 2. The lowest BCUT2D eigenvalue weighted by Gasteiger charge is -2.17. The van der Waals surface area contributed by atoms with Gasteiger partial charge >= 0.3 is 0 Å². The number of sulfonamides is 1. The van der Waals surface area contributed by atoms with Crippen LogP contribution in [0.2, 0.25) is 0 Å². The van der Waals surface area contributed by atoms with Gasteiger partial charge in [-0.15, -0.1) is 0 Å². The molecule has 0 bridgehead atoms. The second-order valence-corrected chi connectivity index (χ2v) is 11.5. The van der Waals surface area contributed by atoms with Crippen LogP contribution in [0.25, 0.3) is 10.9 Å². The zero-order valence-electron chi connectivity index (χ0n) is 23.2. The first-order valence-corrected chi connectivity index (χ1v) is 14.8. The molecule has 0 aliphatic rings. The fourth-order valence-electron chi connectivity index (χ4n) is 4.78. The number of aromatic amines is 1. The largest absolute Gasteiger partial charge is 0.496 e. The summed E-state index contributed by atoms with van der Waals surface area (Å²) in [5.41, 5.74) is 4.44. The highest BCUT2D eigenvalue weighted by Gasteiger charge is 2.23. The second kappa shape index (κ2) is 12.4. The Bertz CT molecular complexity index is 1640. The third kappa shape index (κ3) is 6.37. The van der Waals surface area contributed by atoms with E-state index >= 15 is 0 Å². The average Bonchev–Trinajstić information content (AvgIpc) is 3.35. The lowest BCUT2D eigenvalue weighted by Crippen LogP contribution is -2.31. The molecule has 9 heteroatoms. The number of carbonyl (C=O) groups excluding carboxylic acids is 2. The number of methoxy groups -OCH3 is 1. The number of carbonyl (C=O) groups is 2. The monoisotopic (exact) mass is 561 g/mol. The topological polar surface area (TPSA) is 117 Å². The number of rotatable bonds is 11. The molecule has 40 heavy (non-hydrogen) atoms. The molecule has 0 saturated heterocycles. The molecular weight excluding hydrogens is 526 g/mol. The normalized spacial score (nSPS) is 12.2. The molecule has 0 saturated carbocycles. The van der Waals surface area contributed by atoms with Crippen molar-refractivity contribution in [2.24, 2.45) is 0 Å². The number of aromatic nitrogens is 1. The van der Waals surface area contributed by atoms with Gasteiger partial charge < -0.3 is 15.0 Å². The van der Waals surface area contributed by atoms with Gasteiger partial charge in [0.2, 0.25) is 5.91 Å². The molecule has 0 fully saturated rings. The van der Waals surface area contributed by atoms with E-state index in [0.29, 0.717) is 24.3 Å². The van der Waals surface area contributed by atoms with Gasteiger partial charge in [-0.2, -0.15) is 0 Å². The number of unbranched alkanes of at least 4 members (excludes halogenated alkanes) is 1. The minimum Gasteiger partial charge on any atom is -0.496 e. The van der Waals surface area contributed by atoms with E-state index in [2.05, 4.69) is 21.9 Å². The molecule has 1 aromatic heterocycles. The summed E-state index contributed by atoms with van der Waals surface area (Å²) in [5.74, 6) is -0.396. The van der Waals surface area contributed by atoms with Crippen molar-refractivity contribution >= 4 is 32.7 Å². The van der Waals surface area contributed by atoms with Crippen molar-refractivity contribution in [3.05, 3.63) is 94.7 Å². The van der Waals surface area contributed by atoms with Gasteiger partial charge in [0.15, 0.2) is 0 Å². The first-order chi connectivity index (χ1) is 19.1. The van der Waals surface area contributed by atoms with Crippen LogP contribution in [0.15, 0.2) is 71.8 Å². The molecule has 8 nitrogen and oxygen atoms in total. The van der Waals surface area contributed by atoms with Crippen molar-refractivity contribution in [1.29, 1.82) is 0 Å². The molecule has 2 amide bonds. The summed E-state index contributed by atoms with van der Waals surface area (Å²) < 4.78 is 33.4. The van der Waals surface area contributed by atoms with Crippen LogP contribution < -0.4 is 14.8 Å². The fraction of sp³-hybridized carbons (Fsp3) is 0.290. The number of H-pyrrole nitrogens is 1. The number of fused-ring (bicyclic) bond motifs is 1. The van der Waals surface area contributed by atoms with E-state index in [1.165, 1.54) is 13.2 Å². The first kappa shape index (κ1) is 28.9. The summed E-state index contributed by atoms with van der Waals surface area (Å²) in [4.78, 5) is 28.6. The number of aryl methyl sites for hydroxylation is 1. The Morgan fingerprint density at radius 2 is 1.80 bits per heavy atom. The summed E-state index contributed by atoms with van der Waals surface area (Å²) in [6.45, 7) is 6.47. The summed E-state index contributed by atoms with van der Waals surface area (Å²) in [5, 5.41) is 3.96. The van der Waals surface area contributed by atoms with E-state index < -0.39 is 15.9 Å². The fourth-order valence-corrected chi connectivity index (χ4v) is 6.00. The maximum absolute atomic E-state index is 12.9. The Balaban J connectivity index is 1.57. The molecular formula is C31H35N3O5S. The number of hydrogen-bond donors (Lipinski definition) is 3. The lowest BCUT2D eigenvalue weighted by molar-refractivity contribution is -0.120. The molecule has 4 aromatic rings. The van der Waals surface area contributed by atoms with Crippen LogP contribution in [0.4, 0.5) is 0 Å². The quantitative estimate of drug-likeness (QED) is 0.217. The second-order valence-electron chi connectivity index (χ2n) is 9.88. The van der Waals surface area contributed by atoms with Gasteiger partial charge in [-0.25, -0.2) is 13.1 Å². The predicted octanol–water partition coefficient (Wildman–Crippen LogP) is 5.21. The molecule has 3 N–H and O–H groups in total. The van der Waals surface area contributed by atoms with Gasteiger partial charge in [0, 0.05) is 40.7 Å². The molecule has 3 aromatic carbocycles. The highest BCUT2D eigenvalue weighted by Crippen LogP contribution is 2.36. The van der Waals surface area contributed by atoms with Crippen LogP contribution >= 0.6 is 0 Å². The Hall–Kier alpha value is -4.11. The summed E-state index contributed by atoms with van der Waals surface area (Å²) in [7, 11) is -2.52. The van der Waals surface area contributed by atoms with Gasteiger partial charge in [-0.1, -0.05) is 50.6 Å². The molecule has 4 rings (SSSR count). The molecule has 0 radical (unpaired) electrons. The van der Waals surface area contributed by atoms with E-state index in [1.54, 1.807) is 43.3 Å². The van der Waals surface area contributed by atoms with E-state index in [-0.39, 0.29) is 22.3 Å². The third-order valence-corrected chi connectivity index (χ3v) is 8.53. The van der Waals surface area contributed by atoms with Gasteiger partial charge in [0.1, 0.15) is 5.75 Å². The number of nitrogens with one attached hydrogen (secondary N) is 3. The summed E-state index contributed by atoms with van der Waals surface area (Å²) in [6.07, 6.45) is 4.22. The van der Waals surface area contributed by atoms with E-state index in [1.807, 2.05) is 31.3 Å². The number of hydrogen-bond acceptors (Lipinski definition) is 5. The van der Waals surface area contributed by atoms with Crippen LogP contribution in [0, 0.1) is 6.92 Å². The first-order valence-electron chi connectivity index (χ1n) is 13.3. The van der Waals surface area contributed by atoms with Crippen LogP contribution in [0.3, 0.4) is 0 Å². The van der Waals surface area contributed by atoms with Gasteiger partial charge in [0.05, 0.1) is 18.4 Å². The Labute approximate surface area is 235 Å². The molecule has 210 valence electrons. The van der Waals surface area contributed by atoms with E-state index in [9.17, 15) is 18.0 Å². The van der Waals surface area contributed by atoms with E-state index in [0.717, 1.165) is 40.4 Å². The van der Waals surface area contributed by atoms with Gasteiger partial charge in [-0.3, -0.25) is 9.59 Å². The smallest absolute Gasteiger partial charge is 0.265 e. The van der Waals surface area contributed by atoms with Crippen LogP contribution in [-0.4, -0.2) is 38.9 Å². The van der Waals surface area contributed by atoms with Gasteiger partial charge in [-0.05, 0) is 60.4 Å². The highest BCUT2D eigenvalue weighted by molar-refractivity contribution is 7.90. The molecule has 1 heterocycles. The standard InChI is InChI=1S/C31H35N3O5S/c1-5-6-15-32-30(35)17-22-11-14-27-25(16-22)26(19-33-27)21(3)24-13-12-23(18-28(24)39-4)31(36)34-40(37,38)29-10-8-7-9-20(29)2/h7-14,16,18-19,21,33H,5-6,15,17H2,1-4H3,(H,32,35)(H,34,36). The lowest BCUT2D eigenvalue weighted by atomic mass is 9.90. The van der Waals surface area contributed by atoms with Crippen molar-refractivity contribution in [1.82, 2.24) is 15.0 Å². The highest BCUT2D eigenvalue weighted by atomic mass is 32.2. The molecule has 1 atom stereocenters. The number of ether oxygens (including phenoxy) is 1. The maximum atomic E-state index is 12.9. The van der Waals surface area contributed by atoms with Crippen molar-refractivity contribution in [2.75, 3.05) is 13.7 Å². The molecule has 0 spiro atoms. The summed E-state index contributed by atoms with van der Waals surface area (Å²) in [6, 6.07) is 17.4. The van der Waals surface area contributed by atoms with Crippen molar-refractivity contribution < 1.29 is 22.7 Å². The third-order valence-electron chi connectivity index (χ3n) is 7.03. The van der Waals surface area contributed by atoms with Crippen LogP contribution in [-0.2, 0) is 21.2 Å². The Morgan fingerprint density at radius 1 is 1.02 bits per heavy atom. The molecule has 0 aliphatic carbocycles. The predicted molar refractivity (Wildman–Crippen MR) is 156 cm³/mol. The van der Waals surface area contributed by atoms with Crippen molar-refractivity contribution in [2.45, 2.75) is 50.8 Å². The van der Waals surface area contributed by atoms with Crippen LogP contribution in [0.1, 0.15) is 65.2 Å². The van der Waals surface area contributed by atoms with Crippen LogP contribution in [0.5, 0.6) is 5.75 Å². The van der Waals surface area contributed by atoms with E-state index in [4.69, 9.17) is 4.74 Å². The van der Waals surface area contributed by atoms with Gasteiger partial charge in [0.25, 0.3) is 15.9 Å². The number of benzene rings is 3. The minimum absolute atomic E-state index is 0.00194. The average molecular weight is 562 g/mol. The zero-order valence-corrected chi connectivity index (χ0v) is 24.0. The SMILES string of the molecule is CCCCNC(=O)Cc1ccc2[nH]cc(C(C)c3ccc(C(=O)NS(=O)(=O)c4ccccc4C)cc3OC)c2c1. The van der Waals surface area contributed by atoms with Crippen molar-refractivity contribution in [3.63, 3.8) is 0 Å². The molecule has 1 unspecified atom stereocenters. The molecule has 0 aliphatic heterocycles. The maximum Gasteiger partial charge on any atom is 0.265 e. The minimum atomic E-state index is -4.04. The Kier molecular flexibility index (Phi) is 8.94.